The van der Waals surface area contributed by atoms with E-state index in [2.05, 4.69) is 10.4 Å². The number of amides is 2. The van der Waals surface area contributed by atoms with Gasteiger partial charge in [-0.3, -0.25) is 19.2 Å². The van der Waals surface area contributed by atoms with E-state index in [1.807, 2.05) is 6.92 Å². The number of carbonyl (C=O) groups excluding carboxylic acids is 3. The van der Waals surface area contributed by atoms with Crippen molar-refractivity contribution >= 4 is 29.2 Å². The molecule has 0 radical (unpaired) electrons. The quantitative estimate of drug-likeness (QED) is 0.494. The van der Waals surface area contributed by atoms with E-state index in [1.165, 1.54) is 37.1 Å². The fraction of sp³-hybridized carbons (Fsp3) is 0.381. The van der Waals surface area contributed by atoms with Gasteiger partial charge in [-0.15, -0.1) is 0 Å². The number of anilines is 1. The van der Waals surface area contributed by atoms with Crippen LogP contribution in [-0.4, -0.2) is 52.5 Å². The Morgan fingerprint density at radius 2 is 2.13 bits per heavy atom. The van der Waals surface area contributed by atoms with E-state index in [0.29, 0.717) is 11.3 Å². The zero-order valence-electron chi connectivity index (χ0n) is 17.5. The number of ether oxygens (including phenoxy) is 1. The van der Waals surface area contributed by atoms with Gasteiger partial charge in [0.25, 0.3) is 0 Å². The van der Waals surface area contributed by atoms with Crippen LogP contribution >= 0.6 is 0 Å². The van der Waals surface area contributed by atoms with E-state index >= 15 is 0 Å². The summed E-state index contributed by atoms with van der Waals surface area (Å²) in [6.07, 6.45) is 2.14. The minimum absolute atomic E-state index is 0.0731. The number of ketones is 1. The first kappa shape index (κ1) is 22.1. The smallest absolute Gasteiger partial charge is 0.414 e. The van der Waals surface area contributed by atoms with Gasteiger partial charge < -0.3 is 15.5 Å². The van der Waals surface area contributed by atoms with Crippen molar-refractivity contribution in [2.45, 2.75) is 39.3 Å². The van der Waals surface area contributed by atoms with Crippen LogP contribution in [0.5, 0.6) is 0 Å². The molecule has 0 unspecified atom stereocenters. The second-order valence-corrected chi connectivity index (χ2v) is 7.51. The molecule has 1 aromatic carbocycles. The van der Waals surface area contributed by atoms with Crippen molar-refractivity contribution in [3.8, 4) is 0 Å². The molecular weight excluding hydrogens is 405 g/mol. The van der Waals surface area contributed by atoms with E-state index < -0.39 is 18.0 Å². The summed E-state index contributed by atoms with van der Waals surface area (Å²) in [7, 11) is 0. The van der Waals surface area contributed by atoms with Crippen LogP contribution in [0.15, 0.2) is 30.6 Å². The molecule has 1 aliphatic rings. The monoisotopic (exact) mass is 429 g/mol. The molecule has 0 aliphatic carbocycles. The van der Waals surface area contributed by atoms with E-state index in [4.69, 9.17) is 10.1 Å². The van der Waals surface area contributed by atoms with Crippen LogP contribution in [0.25, 0.3) is 0 Å². The number of hydrogen-bond donors (Lipinski definition) is 2. The van der Waals surface area contributed by atoms with E-state index in [9.17, 15) is 18.8 Å². The van der Waals surface area contributed by atoms with Gasteiger partial charge in [-0.25, -0.2) is 9.18 Å². The van der Waals surface area contributed by atoms with Gasteiger partial charge in [0.2, 0.25) is 5.91 Å². The van der Waals surface area contributed by atoms with Gasteiger partial charge in [0.1, 0.15) is 11.9 Å². The van der Waals surface area contributed by atoms with Crippen molar-refractivity contribution in [1.82, 2.24) is 15.1 Å². The molecule has 0 bridgehead atoms. The summed E-state index contributed by atoms with van der Waals surface area (Å²) >= 11 is 0. The van der Waals surface area contributed by atoms with Gasteiger partial charge in [-0.1, -0.05) is 0 Å². The Bertz CT molecular complexity index is 1030. The Kier molecular flexibility index (Phi) is 6.47. The summed E-state index contributed by atoms with van der Waals surface area (Å²) in [4.78, 5) is 35.8. The number of rotatable bonds is 8. The molecule has 0 spiro atoms. The highest BCUT2D eigenvalue weighted by atomic mass is 19.1. The minimum atomic E-state index is -0.627. The largest absolute Gasteiger partial charge is 0.442 e. The molecule has 2 aromatic rings. The van der Waals surface area contributed by atoms with Crippen molar-refractivity contribution in [3.05, 3.63) is 47.5 Å². The highest BCUT2D eigenvalue weighted by molar-refractivity contribution is 5.99. The lowest BCUT2D eigenvalue weighted by atomic mass is 10.0. The summed E-state index contributed by atoms with van der Waals surface area (Å²) in [5.41, 5.74) is 0.986. The number of benzene rings is 1. The molecule has 9 nitrogen and oxygen atoms in total. The third-order valence-corrected chi connectivity index (χ3v) is 5.00. The molecular formula is C21H24FN5O4. The van der Waals surface area contributed by atoms with Gasteiger partial charge in [0.15, 0.2) is 5.78 Å². The summed E-state index contributed by atoms with van der Waals surface area (Å²) in [6.45, 7) is 5.01. The number of carbonyl (C=O) groups is 3. The maximum atomic E-state index is 14.8. The Hall–Kier alpha value is -3.56. The van der Waals surface area contributed by atoms with Crippen molar-refractivity contribution in [3.63, 3.8) is 0 Å². The van der Waals surface area contributed by atoms with Crippen LogP contribution in [0.2, 0.25) is 0 Å². The third kappa shape index (κ3) is 5.14. The van der Waals surface area contributed by atoms with Gasteiger partial charge >= 0.3 is 6.09 Å². The molecule has 2 amide bonds. The van der Waals surface area contributed by atoms with Crippen LogP contribution in [0, 0.1) is 11.2 Å². The molecule has 1 aliphatic heterocycles. The van der Waals surface area contributed by atoms with Crippen molar-refractivity contribution in [2.24, 2.45) is 0 Å². The lowest BCUT2D eigenvalue weighted by Crippen LogP contribution is -2.33. The number of nitrogens with one attached hydrogen (secondary N) is 2. The zero-order chi connectivity index (χ0) is 22.7. The fourth-order valence-corrected chi connectivity index (χ4v) is 3.27. The predicted molar refractivity (Wildman–Crippen MR) is 111 cm³/mol. The Labute approximate surface area is 178 Å². The molecule has 2 heterocycles. The lowest BCUT2D eigenvalue weighted by Gasteiger charge is -2.16. The number of nitrogens with zero attached hydrogens (tertiary/aromatic N) is 3. The average molecular weight is 429 g/mol. The minimum Gasteiger partial charge on any atom is -0.442 e. The Morgan fingerprint density at radius 1 is 1.39 bits per heavy atom. The summed E-state index contributed by atoms with van der Waals surface area (Å²) in [6, 6.07) is 3.96. The van der Waals surface area contributed by atoms with Crippen molar-refractivity contribution < 1.29 is 23.5 Å². The SMILES string of the molecule is CC(=O)NC[C@H]1CN(c2ccc(C(=N)C[C@H](C)n3cc(C(C)=O)cn3)c(F)c2)C(=O)O1. The molecule has 2 N–H and O–H groups in total. The van der Waals surface area contributed by atoms with Crippen molar-refractivity contribution in [1.29, 1.82) is 5.41 Å². The molecule has 1 saturated heterocycles. The first-order valence-corrected chi connectivity index (χ1v) is 9.80. The van der Waals surface area contributed by atoms with Crippen LogP contribution in [-0.2, 0) is 9.53 Å². The number of halogens is 1. The first-order chi connectivity index (χ1) is 14.7. The van der Waals surface area contributed by atoms with E-state index in [1.54, 1.807) is 16.9 Å². The summed E-state index contributed by atoms with van der Waals surface area (Å²) < 4.78 is 21.5. The zero-order valence-corrected chi connectivity index (χ0v) is 17.5. The molecule has 31 heavy (non-hydrogen) atoms. The number of cyclic esters (lactones) is 1. The molecule has 1 fully saturated rings. The number of Topliss-reactive ketones (excluding diaryl/α,β-unsaturated/α-hetero) is 1. The second-order valence-electron chi connectivity index (χ2n) is 7.51. The Balaban J connectivity index is 1.67. The number of hydrogen-bond acceptors (Lipinski definition) is 6. The number of aromatic nitrogens is 2. The van der Waals surface area contributed by atoms with Crippen LogP contribution < -0.4 is 10.2 Å². The van der Waals surface area contributed by atoms with Gasteiger partial charge in [-0.2, -0.15) is 5.10 Å². The maximum Gasteiger partial charge on any atom is 0.414 e. The third-order valence-electron chi connectivity index (χ3n) is 5.00. The van der Waals surface area contributed by atoms with Crippen LogP contribution in [0.1, 0.15) is 49.2 Å². The van der Waals surface area contributed by atoms with Gasteiger partial charge in [-0.05, 0) is 32.0 Å². The van der Waals surface area contributed by atoms with Gasteiger partial charge in [0.05, 0.1) is 36.6 Å². The molecule has 3 rings (SSSR count). The summed E-state index contributed by atoms with van der Waals surface area (Å²) in [5.74, 6) is -0.960. The van der Waals surface area contributed by atoms with Crippen LogP contribution in [0.3, 0.4) is 0 Å². The Morgan fingerprint density at radius 3 is 2.74 bits per heavy atom. The van der Waals surface area contributed by atoms with Crippen molar-refractivity contribution in [2.75, 3.05) is 18.0 Å². The summed E-state index contributed by atoms with van der Waals surface area (Å²) in [5, 5.41) is 15.0. The molecule has 164 valence electrons. The second kappa shape index (κ2) is 9.07. The molecule has 1 aromatic heterocycles. The molecule has 10 heteroatoms. The maximum absolute atomic E-state index is 14.8. The van der Waals surface area contributed by atoms with E-state index in [0.717, 1.165) is 0 Å². The lowest BCUT2D eigenvalue weighted by molar-refractivity contribution is -0.119. The average Bonchev–Trinajstić information content (AvgIpc) is 3.33. The fourth-order valence-electron chi connectivity index (χ4n) is 3.27. The topological polar surface area (TPSA) is 117 Å². The standard InChI is InChI=1S/C21H24FN5O4/c1-12(27-10-15(8-25-27)13(2)28)6-20(23)18-5-4-16(7-19(18)22)26-11-17(31-21(26)30)9-24-14(3)29/h4-5,7-8,10,12,17,23H,6,9,11H2,1-3H3,(H,24,29)/t12-,17-/m0/s1. The molecule has 2 atom stereocenters. The van der Waals surface area contributed by atoms with Gasteiger partial charge in [0, 0.05) is 30.8 Å². The first-order valence-electron chi connectivity index (χ1n) is 9.80. The highest BCUT2D eigenvalue weighted by Crippen LogP contribution is 2.25. The van der Waals surface area contributed by atoms with Crippen LogP contribution in [0.4, 0.5) is 14.9 Å². The predicted octanol–water partition coefficient (Wildman–Crippen LogP) is 2.71. The normalized spacial score (nSPS) is 16.7. The highest BCUT2D eigenvalue weighted by Gasteiger charge is 2.32. The van der Waals surface area contributed by atoms with E-state index in [-0.39, 0.29) is 48.5 Å². The molecule has 0 saturated carbocycles.